The summed E-state index contributed by atoms with van der Waals surface area (Å²) in [5.74, 6) is 0.400. The van der Waals surface area contributed by atoms with E-state index in [4.69, 9.17) is 32.9 Å². The van der Waals surface area contributed by atoms with Crippen LogP contribution in [0.4, 0.5) is 11.4 Å². The molecule has 1 aliphatic heterocycles. The van der Waals surface area contributed by atoms with Gasteiger partial charge in [-0.15, -0.1) is 0 Å². The molecule has 1 aliphatic rings. The van der Waals surface area contributed by atoms with E-state index in [9.17, 15) is 4.79 Å². The van der Waals surface area contributed by atoms with Gasteiger partial charge in [0.25, 0.3) is 5.91 Å². The van der Waals surface area contributed by atoms with E-state index in [0.717, 1.165) is 22.5 Å². The first-order valence-corrected chi connectivity index (χ1v) is 12.7. The number of amides is 1. The molecule has 0 N–H and O–H groups in total. The fraction of sp³-hybridized carbons (Fsp3) is 0.0345. The maximum Gasteiger partial charge on any atom is 0.271 e. The summed E-state index contributed by atoms with van der Waals surface area (Å²) in [6, 6.07) is 32.0. The minimum atomic E-state index is -0.143. The van der Waals surface area contributed by atoms with E-state index in [1.54, 1.807) is 17.0 Å². The Balaban J connectivity index is 1.41. The molecule has 36 heavy (non-hydrogen) atoms. The normalized spacial score (nSPS) is 15.6. The van der Waals surface area contributed by atoms with Gasteiger partial charge in [-0.05, 0) is 65.9 Å². The first kappa shape index (κ1) is 24.2. The average molecular weight is 531 g/mol. The van der Waals surface area contributed by atoms with Crippen LogP contribution in [0.3, 0.4) is 0 Å². The summed E-state index contributed by atoms with van der Waals surface area (Å²) < 4.78 is 5.87. The summed E-state index contributed by atoms with van der Waals surface area (Å²) in [7, 11) is 0. The van der Waals surface area contributed by atoms with Gasteiger partial charge >= 0.3 is 0 Å². The lowest BCUT2D eigenvalue weighted by Crippen LogP contribution is -2.28. The largest absolute Gasteiger partial charge is 0.487 e. The number of thioether (sulfide) groups is 1. The number of ether oxygens (including phenoxy) is 1. The van der Waals surface area contributed by atoms with Gasteiger partial charge in [-0.25, -0.2) is 4.99 Å². The Kier molecular flexibility index (Phi) is 7.42. The second-order valence-electron chi connectivity index (χ2n) is 7.89. The molecule has 0 radical (unpaired) electrons. The van der Waals surface area contributed by atoms with Gasteiger partial charge in [0.1, 0.15) is 12.4 Å². The summed E-state index contributed by atoms with van der Waals surface area (Å²) in [6.45, 7) is 0.305. The van der Waals surface area contributed by atoms with Gasteiger partial charge in [-0.2, -0.15) is 0 Å². The zero-order valence-electron chi connectivity index (χ0n) is 19.0. The SMILES string of the molecule is O=C1/C(=C\c2ccc(OCc3ccccc3Cl)c(Cl)c2)SC(=Nc2ccccc2)N1c1ccccc1. The highest BCUT2D eigenvalue weighted by atomic mass is 35.5. The Bertz CT molecular complexity index is 1460. The van der Waals surface area contributed by atoms with E-state index < -0.39 is 0 Å². The van der Waals surface area contributed by atoms with Crippen LogP contribution in [0, 0.1) is 0 Å². The van der Waals surface area contributed by atoms with Crippen LogP contribution in [0.25, 0.3) is 6.08 Å². The smallest absolute Gasteiger partial charge is 0.271 e. The van der Waals surface area contributed by atoms with Crippen molar-refractivity contribution in [2.24, 2.45) is 4.99 Å². The van der Waals surface area contributed by atoms with Crippen molar-refractivity contribution in [2.75, 3.05) is 4.90 Å². The molecule has 7 heteroatoms. The van der Waals surface area contributed by atoms with Crippen molar-refractivity contribution in [1.82, 2.24) is 0 Å². The number of carbonyl (C=O) groups is 1. The van der Waals surface area contributed by atoms with Crippen LogP contribution < -0.4 is 9.64 Å². The number of benzene rings is 4. The third-order valence-electron chi connectivity index (χ3n) is 5.40. The lowest BCUT2D eigenvalue weighted by atomic mass is 10.2. The van der Waals surface area contributed by atoms with Crippen molar-refractivity contribution < 1.29 is 9.53 Å². The number of hydrogen-bond donors (Lipinski definition) is 0. The van der Waals surface area contributed by atoms with E-state index in [1.807, 2.05) is 97.1 Å². The van der Waals surface area contributed by atoms with Gasteiger partial charge < -0.3 is 4.74 Å². The zero-order chi connectivity index (χ0) is 24.9. The van der Waals surface area contributed by atoms with Gasteiger partial charge in [0, 0.05) is 10.6 Å². The van der Waals surface area contributed by atoms with Gasteiger partial charge in [0.2, 0.25) is 0 Å². The molecule has 0 bridgehead atoms. The van der Waals surface area contributed by atoms with E-state index in [1.165, 1.54) is 11.8 Å². The molecule has 1 amide bonds. The number of amidine groups is 1. The van der Waals surface area contributed by atoms with E-state index in [-0.39, 0.29) is 5.91 Å². The number of nitrogens with zero attached hydrogens (tertiary/aromatic N) is 2. The average Bonchev–Trinajstić information content (AvgIpc) is 3.19. The number of carbonyl (C=O) groups excluding carboxylic acids is 1. The summed E-state index contributed by atoms with van der Waals surface area (Å²) in [4.78, 5) is 20.4. The lowest BCUT2D eigenvalue weighted by molar-refractivity contribution is -0.113. The van der Waals surface area contributed by atoms with Crippen LogP contribution in [0.15, 0.2) is 113 Å². The van der Waals surface area contributed by atoms with E-state index >= 15 is 0 Å². The Hall–Kier alpha value is -3.51. The highest BCUT2D eigenvalue weighted by Crippen LogP contribution is 2.38. The van der Waals surface area contributed by atoms with Crippen LogP contribution in [-0.4, -0.2) is 11.1 Å². The highest BCUT2D eigenvalue weighted by molar-refractivity contribution is 8.19. The van der Waals surface area contributed by atoms with Crippen molar-refractivity contribution in [1.29, 1.82) is 0 Å². The number of anilines is 1. The summed E-state index contributed by atoms with van der Waals surface area (Å²) in [5, 5.41) is 1.68. The standard InChI is InChI=1S/C29H20Cl2N2O2S/c30-24-14-8-7-9-21(24)19-35-26-16-15-20(17-25(26)31)18-27-28(34)33(23-12-5-2-6-13-23)29(36-27)32-22-10-3-1-4-11-22/h1-18H,19H2/b27-18+,32-29?. The third-order valence-corrected chi connectivity index (χ3v) is 7.03. The fourth-order valence-corrected chi connectivity index (χ4v) is 5.05. The minimum Gasteiger partial charge on any atom is -0.487 e. The molecule has 5 rings (SSSR count). The molecular weight excluding hydrogens is 511 g/mol. The number of aliphatic imine (C=N–C) groups is 1. The molecule has 1 fully saturated rings. The summed E-state index contributed by atoms with van der Waals surface area (Å²) in [5.41, 5.74) is 3.20. The van der Waals surface area contributed by atoms with Gasteiger partial charge in [0.15, 0.2) is 5.17 Å². The Morgan fingerprint density at radius 3 is 2.25 bits per heavy atom. The molecule has 0 aromatic heterocycles. The zero-order valence-corrected chi connectivity index (χ0v) is 21.3. The Labute approximate surface area is 223 Å². The van der Waals surface area contributed by atoms with E-state index in [2.05, 4.69) is 0 Å². The molecule has 4 aromatic rings. The molecule has 4 nitrogen and oxygen atoms in total. The molecule has 1 saturated heterocycles. The van der Waals surface area contributed by atoms with Crippen molar-refractivity contribution in [3.8, 4) is 5.75 Å². The molecule has 0 atom stereocenters. The van der Waals surface area contributed by atoms with Crippen LogP contribution in [0.2, 0.25) is 10.0 Å². The third kappa shape index (κ3) is 5.49. The highest BCUT2D eigenvalue weighted by Gasteiger charge is 2.34. The van der Waals surface area contributed by atoms with Crippen LogP contribution in [0.1, 0.15) is 11.1 Å². The fourth-order valence-electron chi connectivity index (χ4n) is 3.61. The van der Waals surface area contributed by atoms with Gasteiger partial charge in [-0.1, -0.05) is 83.9 Å². The van der Waals surface area contributed by atoms with E-state index in [0.29, 0.717) is 32.5 Å². The first-order chi connectivity index (χ1) is 17.6. The summed E-state index contributed by atoms with van der Waals surface area (Å²) in [6.07, 6.45) is 1.82. The molecule has 0 aliphatic carbocycles. The molecule has 0 saturated carbocycles. The maximum atomic E-state index is 13.4. The van der Waals surface area contributed by atoms with Crippen molar-refractivity contribution >= 4 is 63.5 Å². The van der Waals surface area contributed by atoms with Crippen molar-refractivity contribution in [3.05, 3.63) is 129 Å². The quantitative estimate of drug-likeness (QED) is 0.235. The first-order valence-electron chi connectivity index (χ1n) is 11.2. The number of halogens is 2. The predicted molar refractivity (Wildman–Crippen MR) is 150 cm³/mol. The lowest BCUT2D eigenvalue weighted by Gasteiger charge is -2.15. The predicted octanol–water partition coefficient (Wildman–Crippen LogP) is 8.38. The summed E-state index contributed by atoms with van der Waals surface area (Å²) >= 11 is 14.0. The molecule has 0 spiro atoms. The van der Waals surface area contributed by atoms with Gasteiger partial charge in [0.05, 0.1) is 21.3 Å². The van der Waals surface area contributed by atoms with Crippen molar-refractivity contribution in [3.63, 3.8) is 0 Å². The van der Waals surface area contributed by atoms with Crippen LogP contribution >= 0.6 is 35.0 Å². The molecule has 0 unspecified atom stereocenters. The number of rotatable bonds is 6. The number of para-hydroxylation sites is 2. The van der Waals surface area contributed by atoms with Gasteiger partial charge in [-0.3, -0.25) is 9.69 Å². The monoisotopic (exact) mass is 530 g/mol. The second kappa shape index (κ2) is 11.0. The molecule has 4 aromatic carbocycles. The van der Waals surface area contributed by atoms with Crippen LogP contribution in [-0.2, 0) is 11.4 Å². The molecule has 178 valence electrons. The maximum absolute atomic E-state index is 13.4. The van der Waals surface area contributed by atoms with Crippen molar-refractivity contribution in [2.45, 2.75) is 6.61 Å². The minimum absolute atomic E-state index is 0.143. The molecular formula is C29H20Cl2N2O2S. The Morgan fingerprint density at radius 1 is 0.833 bits per heavy atom. The Morgan fingerprint density at radius 2 is 1.53 bits per heavy atom. The number of hydrogen-bond acceptors (Lipinski definition) is 4. The second-order valence-corrected chi connectivity index (χ2v) is 9.71. The van der Waals surface area contributed by atoms with Crippen LogP contribution in [0.5, 0.6) is 5.75 Å². The topological polar surface area (TPSA) is 41.9 Å². The molecule has 1 heterocycles.